The van der Waals surface area contributed by atoms with Gasteiger partial charge in [-0.05, 0) is 91.0 Å². The van der Waals surface area contributed by atoms with Crippen molar-refractivity contribution in [3.63, 3.8) is 0 Å². The van der Waals surface area contributed by atoms with E-state index in [2.05, 4.69) is 13.0 Å². The number of ether oxygens (including phenoxy) is 4. The third-order valence-corrected chi connectivity index (χ3v) is 10.3. The number of hydrogen-bond donors (Lipinski definition) is 0. The lowest BCUT2D eigenvalue weighted by molar-refractivity contribution is -0.155. The fourth-order valence-corrected chi connectivity index (χ4v) is 7.75. The zero-order chi connectivity index (χ0) is 33.7. The van der Waals surface area contributed by atoms with Crippen LogP contribution in [0.4, 0.5) is 4.79 Å². The van der Waals surface area contributed by atoms with Crippen LogP contribution >= 0.6 is 23.0 Å². The number of fused-ring (bicyclic) bond motifs is 2. The van der Waals surface area contributed by atoms with Gasteiger partial charge >= 0.3 is 12.1 Å². The van der Waals surface area contributed by atoms with E-state index < -0.39 is 17.9 Å². The molecule has 8 nitrogen and oxygen atoms in total. The molecule has 256 valence electrons. The Morgan fingerprint density at radius 3 is 2.23 bits per heavy atom. The highest BCUT2D eigenvalue weighted by Crippen LogP contribution is 2.50. The molecule has 48 heavy (non-hydrogen) atoms. The van der Waals surface area contributed by atoms with Gasteiger partial charge in [0.15, 0.2) is 6.61 Å². The van der Waals surface area contributed by atoms with Crippen molar-refractivity contribution in [2.75, 3.05) is 6.61 Å². The average molecular weight is 769 g/mol. The predicted molar refractivity (Wildman–Crippen MR) is 189 cm³/mol. The summed E-state index contributed by atoms with van der Waals surface area (Å²) in [5.74, 6) is 0.173. The number of ketones is 1. The topological polar surface area (TPSA) is 97.4 Å². The Balaban J connectivity index is 1.17. The number of carbonyl (C=O) groups excluding carboxylic acids is 3. The minimum atomic E-state index is -0.897. The van der Waals surface area contributed by atoms with Crippen LogP contribution in [0.3, 0.4) is 0 Å². The third-order valence-electron chi connectivity index (χ3n) is 9.65. The molecular formula is C39H45IO8. The quantitative estimate of drug-likeness (QED) is 0.0584. The van der Waals surface area contributed by atoms with Crippen molar-refractivity contribution in [2.45, 2.75) is 90.1 Å². The molecule has 0 aromatic heterocycles. The molecule has 0 N–H and O–H groups in total. The molecule has 2 aliphatic rings. The highest BCUT2D eigenvalue weighted by molar-refractivity contribution is 14.1. The molecule has 1 saturated carbocycles. The fourth-order valence-electron chi connectivity index (χ4n) is 7.17. The second kappa shape index (κ2) is 18.4. The Labute approximate surface area is 297 Å². The van der Waals surface area contributed by atoms with Crippen LogP contribution in [0.1, 0.15) is 74.1 Å². The summed E-state index contributed by atoms with van der Waals surface area (Å²) < 4.78 is 28.5. The van der Waals surface area contributed by atoms with Crippen LogP contribution in [0.5, 0.6) is 5.75 Å². The zero-order valence-electron chi connectivity index (χ0n) is 27.5. The lowest BCUT2D eigenvalue weighted by Gasteiger charge is -2.33. The summed E-state index contributed by atoms with van der Waals surface area (Å²) in [4.78, 5) is 37.5. The fraction of sp³-hybridized carbons (Fsp3) is 0.462. The van der Waals surface area contributed by atoms with E-state index in [0.29, 0.717) is 23.5 Å². The Morgan fingerprint density at radius 2 is 1.54 bits per heavy atom. The monoisotopic (exact) mass is 768 g/mol. The number of esters is 1. The molecule has 0 amide bonds. The van der Waals surface area contributed by atoms with E-state index >= 15 is 0 Å². The van der Waals surface area contributed by atoms with Crippen LogP contribution in [0, 0.1) is 17.8 Å². The summed E-state index contributed by atoms with van der Waals surface area (Å²) in [7, 11) is 0. The second-order valence-corrected chi connectivity index (χ2v) is 13.4. The Hall–Kier alpha value is -3.44. The summed E-state index contributed by atoms with van der Waals surface area (Å²) in [5.41, 5.74) is 4.04. The second-order valence-electron chi connectivity index (χ2n) is 12.9. The molecular weight excluding hydrogens is 723 g/mol. The standard InChI is InChI=1S/C39H45IO8/c1-2-3-6-17-31(47-39(43)46-25-28-14-9-5-10-15-28)19-20-32-33-21-29-16-11-18-36(34(29)22-30(33)23-37(32)48-40)44-26-35(41)38(42)45-24-27-12-7-4-8-13-27/h4-5,7-16,18,30-33,37H,2-3,6,17,19-26H2,1H3/t30-,31-,32+,33-,37+/m0/s1. The summed E-state index contributed by atoms with van der Waals surface area (Å²) >= 11 is 2.03. The van der Waals surface area contributed by atoms with Gasteiger partial charge in [0.25, 0.3) is 5.78 Å². The molecule has 3 aromatic rings. The van der Waals surface area contributed by atoms with E-state index in [4.69, 9.17) is 22.0 Å². The first-order chi connectivity index (χ1) is 23.4. The smallest absolute Gasteiger partial charge is 0.485 e. The first-order valence-electron chi connectivity index (χ1n) is 17.1. The van der Waals surface area contributed by atoms with Crippen LogP contribution in [-0.4, -0.2) is 36.7 Å². The van der Waals surface area contributed by atoms with Crippen molar-refractivity contribution in [3.8, 4) is 5.75 Å². The van der Waals surface area contributed by atoms with Gasteiger partial charge in [-0.15, -0.1) is 0 Å². The summed E-state index contributed by atoms with van der Waals surface area (Å²) in [6, 6.07) is 24.8. The van der Waals surface area contributed by atoms with Crippen LogP contribution in [0.15, 0.2) is 78.9 Å². The van der Waals surface area contributed by atoms with Crippen LogP contribution in [-0.2, 0) is 52.9 Å². The molecule has 0 aliphatic heterocycles. The largest absolute Gasteiger partial charge is 0.508 e. The Bertz CT molecular complexity index is 1480. The SMILES string of the molecule is CCCCC[C@@H](CC[C@@H]1[C@H]2Cc3cccc(OCC(=O)C(=O)OCc4ccccc4)c3C[C@H]2C[C@H]1OI)OC(=O)OCc1ccccc1. The number of hydrogen-bond acceptors (Lipinski definition) is 8. The molecule has 3 aromatic carbocycles. The van der Waals surface area contributed by atoms with Gasteiger partial charge < -0.3 is 22.0 Å². The Kier molecular flexibility index (Phi) is 13.7. The van der Waals surface area contributed by atoms with Gasteiger partial charge in [0.1, 0.15) is 48.1 Å². The highest BCUT2D eigenvalue weighted by Gasteiger charge is 2.46. The van der Waals surface area contributed by atoms with E-state index in [1.165, 1.54) is 5.56 Å². The molecule has 9 heteroatoms. The maximum absolute atomic E-state index is 12.7. The maximum Gasteiger partial charge on any atom is 0.508 e. The van der Waals surface area contributed by atoms with E-state index in [9.17, 15) is 14.4 Å². The van der Waals surface area contributed by atoms with Crippen molar-refractivity contribution in [3.05, 3.63) is 101 Å². The maximum atomic E-state index is 12.7. The van der Waals surface area contributed by atoms with Gasteiger partial charge in [-0.25, -0.2) is 9.59 Å². The van der Waals surface area contributed by atoms with Gasteiger partial charge in [-0.1, -0.05) is 92.6 Å². The van der Waals surface area contributed by atoms with E-state index in [0.717, 1.165) is 74.5 Å². The van der Waals surface area contributed by atoms with Gasteiger partial charge in [0.05, 0.1) is 6.10 Å². The minimum absolute atomic E-state index is 0.0421. The summed E-state index contributed by atoms with van der Waals surface area (Å²) in [6.45, 7) is 2.03. The first-order valence-corrected chi connectivity index (χ1v) is 17.9. The third kappa shape index (κ3) is 10.0. The van der Waals surface area contributed by atoms with Gasteiger partial charge in [-0.2, -0.15) is 0 Å². The number of carbonyl (C=O) groups is 3. The lowest BCUT2D eigenvalue weighted by Crippen LogP contribution is -2.29. The van der Waals surface area contributed by atoms with Gasteiger partial charge in [0, 0.05) is 0 Å². The van der Waals surface area contributed by atoms with E-state index in [1.807, 2.05) is 95.8 Å². The summed E-state index contributed by atoms with van der Waals surface area (Å²) in [5, 5.41) is 0. The lowest BCUT2D eigenvalue weighted by atomic mass is 9.73. The zero-order valence-corrected chi connectivity index (χ0v) is 29.7. The van der Waals surface area contributed by atoms with Crippen molar-refractivity contribution in [1.82, 2.24) is 0 Å². The molecule has 0 bridgehead atoms. The molecule has 2 aliphatic carbocycles. The van der Waals surface area contributed by atoms with Crippen molar-refractivity contribution >= 4 is 40.9 Å². The average Bonchev–Trinajstić information content (AvgIpc) is 3.47. The van der Waals surface area contributed by atoms with E-state index in [1.54, 1.807) is 0 Å². The van der Waals surface area contributed by atoms with Crippen LogP contribution < -0.4 is 4.74 Å². The number of halogens is 1. The molecule has 5 atom stereocenters. The van der Waals surface area contributed by atoms with Gasteiger partial charge in [-0.3, -0.25) is 4.79 Å². The predicted octanol–water partition coefficient (Wildman–Crippen LogP) is 8.55. The molecule has 1 fully saturated rings. The molecule has 5 rings (SSSR count). The number of unbranched alkanes of at least 4 members (excludes halogenated alkanes) is 2. The molecule has 0 unspecified atom stereocenters. The van der Waals surface area contributed by atoms with Crippen LogP contribution in [0.25, 0.3) is 0 Å². The molecule has 0 radical (unpaired) electrons. The number of Topliss-reactive ketones (excluding diaryl/α,β-unsaturated/α-hetero) is 1. The van der Waals surface area contributed by atoms with Crippen molar-refractivity contribution in [1.29, 1.82) is 0 Å². The number of benzene rings is 3. The minimum Gasteiger partial charge on any atom is -0.485 e. The first kappa shape index (κ1) is 35.9. The van der Waals surface area contributed by atoms with Crippen LogP contribution in [0.2, 0.25) is 0 Å². The normalized spacial score (nSPS) is 20.2. The van der Waals surface area contributed by atoms with Crippen molar-refractivity contribution < 1.29 is 36.4 Å². The molecule has 0 spiro atoms. The molecule has 0 saturated heterocycles. The van der Waals surface area contributed by atoms with Crippen molar-refractivity contribution in [2.24, 2.45) is 17.8 Å². The molecule has 0 heterocycles. The van der Waals surface area contributed by atoms with E-state index in [-0.39, 0.29) is 32.0 Å². The Morgan fingerprint density at radius 1 is 0.833 bits per heavy atom. The highest BCUT2D eigenvalue weighted by atomic mass is 127. The summed E-state index contributed by atoms with van der Waals surface area (Å²) in [6.07, 6.45) is 7.55. The number of rotatable bonds is 17. The van der Waals surface area contributed by atoms with Gasteiger partial charge in [0.2, 0.25) is 0 Å².